The highest BCUT2D eigenvalue weighted by Gasteiger charge is 2.38. The predicted molar refractivity (Wildman–Crippen MR) is 114 cm³/mol. The third kappa shape index (κ3) is 3.65. The van der Waals surface area contributed by atoms with Crippen molar-refractivity contribution in [1.29, 1.82) is 0 Å². The van der Waals surface area contributed by atoms with E-state index in [-0.39, 0.29) is 11.3 Å². The largest absolute Gasteiger partial charge is 0.492 e. The Kier molecular flexibility index (Phi) is 5.14. The molecule has 0 fully saturated rings. The molecule has 0 radical (unpaired) electrons. The van der Waals surface area contributed by atoms with Crippen LogP contribution in [-0.2, 0) is 11.2 Å². The lowest BCUT2D eigenvalue weighted by atomic mass is 9.79. The van der Waals surface area contributed by atoms with E-state index in [1.165, 1.54) is 0 Å². The van der Waals surface area contributed by atoms with Crippen molar-refractivity contribution >= 4 is 23.6 Å². The van der Waals surface area contributed by atoms with Gasteiger partial charge in [-0.1, -0.05) is 24.3 Å². The van der Waals surface area contributed by atoms with E-state index in [1.807, 2.05) is 30.0 Å². The molecule has 0 aromatic heterocycles. The summed E-state index contributed by atoms with van der Waals surface area (Å²) in [5, 5.41) is 0. The number of nitrogen functional groups attached to an aromatic ring is 1. The van der Waals surface area contributed by atoms with Crippen molar-refractivity contribution in [1.82, 2.24) is 0 Å². The zero-order valence-electron chi connectivity index (χ0n) is 16.7. The van der Waals surface area contributed by atoms with Gasteiger partial charge >= 0.3 is 0 Å². The van der Waals surface area contributed by atoms with Gasteiger partial charge in [0.05, 0.1) is 12.3 Å². The number of nitrogens with zero attached hydrogens (tertiary/aromatic N) is 1. The van der Waals surface area contributed by atoms with Crippen molar-refractivity contribution in [3.05, 3.63) is 65.2 Å². The van der Waals surface area contributed by atoms with Crippen LogP contribution in [0.4, 0.5) is 11.4 Å². The highest BCUT2D eigenvalue weighted by Crippen LogP contribution is 2.45. The van der Waals surface area contributed by atoms with Crippen molar-refractivity contribution in [3.63, 3.8) is 0 Å². The van der Waals surface area contributed by atoms with Crippen LogP contribution in [0.25, 0.3) is 0 Å². The summed E-state index contributed by atoms with van der Waals surface area (Å²) in [6.45, 7) is 2.98. The third-order valence-corrected chi connectivity index (χ3v) is 6.02. The predicted octanol–water partition coefficient (Wildman–Crippen LogP) is 4.17. The quantitative estimate of drug-likeness (QED) is 0.628. The zero-order chi connectivity index (χ0) is 20.4. The second kappa shape index (κ2) is 7.74. The Morgan fingerprint density at radius 3 is 2.83 bits per heavy atom. The van der Waals surface area contributed by atoms with Crippen LogP contribution in [-0.4, -0.2) is 25.3 Å². The summed E-state index contributed by atoms with van der Waals surface area (Å²) >= 11 is 0. The number of benzene rings is 2. The molecule has 0 saturated heterocycles. The molecular formula is C24H26N2O3. The minimum Gasteiger partial charge on any atom is -0.492 e. The lowest BCUT2D eigenvalue weighted by molar-refractivity contribution is -0.105. The van der Waals surface area contributed by atoms with Crippen LogP contribution in [0.3, 0.4) is 0 Å². The topological polar surface area (TPSA) is 72.6 Å². The van der Waals surface area contributed by atoms with E-state index in [0.29, 0.717) is 30.2 Å². The SMILES string of the molecule is CCOc1cc(C(=O)N2CC[C@]3(C=C(C=O)CC3)Cc3ccccc32)ccc1N. The van der Waals surface area contributed by atoms with Crippen LogP contribution in [0.2, 0.25) is 0 Å². The van der Waals surface area contributed by atoms with E-state index in [4.69, 9.17) is 10.5 Å². The summed E-state index contributed by atoms with van der Waals surface area (Å²) in [6, 6.07) is 13.3. The summed E-state index contributed by atoms with van der Waals surface area (Å²) in [5.74, 6) is 0.473. The second-order valence-corrected chi connectivity index (χ2v) is 7.90. The lowest BCUT2D eigenvalue weighted by Crippen LogP contribution is -2.33. The number of allylic oxidation sites excluding steroid dienone is 2. The molecule has 4 rings (SSSR count). The second-order valence-electron chi connectivity index (χ2n) is 7.90. The summed E-state index contributed by atoms with van der Waals surface area (Å²) in [7, 11) is 0. The van der Waals surface area contributed by atoms with Crippen LogP contribution in [0.1, 0.15) is 42.1 Å². The molecule has 2 aliphatic rings. The first-order valence-electron chi connectivity index (χ1n) is 10.1. The van der Waals surface area contributed by atoms with Gasteiger partial charge in [0.25, 0.3) is 5.91 Å². The van der Waals surface area contributed by atoms with Crippen molar-refractivity contribution in [3.8, 4) is 5.75 Å². The van der Waals surface area contributed by atoms with Gasteiger partial charge in [0, 0.05) is 17.8 Å². The van der Waals surface area contributed by atoms with Gasteiger partial charge in [-0.25, -0.2) is 0 Å². The first kappa shape index (κ1) is 19.2. The van der Waals surface area contributed by atoms with Gasteiger partial charge in [-0.2, -0.15) is 0 Å². The smallest absolute Gasteiger partial charge is 0.258 e. The molecule has 0 unspecified atom stereocenters. The molecule has 5 nitrogen and oxygen atoms in total. The molecule has 1 spiro atoms. The van der Waals surface area contributed by atoms with Gasteiger partial charge in [0.2, 0.25) is 0 Å². The van der Waals surface area contributed by atoms with Crippen LogP contribution < -0.4 is 15.4 Å². The van der Waals surface area contributed by atoms with Crippen LogP contribution >= 0.6 is 0 Å². The number of para-hydroxylation sites is 1. The van der Waals surface area contributed by atoms with Gasteiger partial charge in [-0.3, -0.25) is 9.59 Å². The highest BCUT2D eigenvalue weighted by molar-refractivity contribution is 6.07. The Hall–Kier alpha value is -3.08. The normalized spacial score (nSPS) is 20.7. The lowest BCUT2D eigenvalue weighted by Gasteiger charge is -2.26. The molecular weight excluding hydrogens is 364 g/mol. The van der Waals surface area contributed by atoms with E-state index in [0.717, 1.165) is 48.8 Å². The number of nitrogens with two attached hydrogens (primary N) is 1. The molecule has 1 aliphatic carbocycles. The van der Waals surface area contributed by atoms with E-state index in [1.54, 1.807) is 18.2 Å². The number of aldehydes is 1. The number of fused-ring (bicyclic) bond motifs is 1. The van der Waals surface area contributed by atoms with Crippen molar-refractivity contribution in [2.75, 3.05) is 23.8 Å². The number of ether oxygens (including phenoxy) is 1. The number of hydrogen-bond donors (Lipinski definition) is 1. The standard InChI is InChI=1S/C24H26N2O3/c1-2-29-22-13-18(7-8-20(22)25)23(28)26-12-11-24(10-9-17(14-24)16-27)15-19-5-3-4-6-21(19)26/h3-8,13-14,16H,2,9-12,15,25H2,1H3/t24-/m1/s1. The van der Waals surface area contributed by atoms with Gasteiger partial charge in [-0.05, 0) is 73.4 Å². The van der Waals surface area contributed by atoms with Gasteiger partial charge in [0.1, 0.15) is 12.0 Å². The Labute approximate surface area is 171 Å². The van der Waals surface area contributed by atoms with E-state index >= 15 is 0 Å². The fourth-order valence-corrected chi connectivity index (χ4v) is 4.52. The molecule has 1 atom stereocenters. The van der Waals surface area contributed by atoms with E-state index in [2.05, 4.69) is 12.1 Å². The number of amides is 1. The number of carbonyl (C=O) groups excluding carboxylic acids is 2. The molecule has 1 aliphatic heterocycles. The van der Waals surface area contributed by atoms with Gasteiger partial charge in [0.15, 0.2) is 0 Å². The minimum absolute atomic E-state index is 0.0566. The number of rotatable bonds is 4. The first-order valence-corrected chi connectivity index (χ1v) is 10.1. The van der Waals surface area contributed by atoms with Crippen LogP contribution in [0.5, 0.6) is 5.75 Å². The van der Waals surface area contributed by atoms with Crippen LogP contribution in [0, 0.1) is 5.41 Å². The monoisotopic (exact) mass is 390 g/mol. The van der Waals surface area contributed by atoms with Crippen LogP contribution in [0.15, 0.2) is 54.1 Å². The van der Waals surface area contributed by atoms with Crippen molar-refractivity contribution < 1.29 is 14.3 Å². The molecule has 2 aromatic rings. The third-order valence-electron chi connectivity index (χ3n) is 6.02. The zero-order valence-corrected chi connectivity index (χ0v) is 16.7. The maximum absolute atomic E-state index is 13.5. The highest BCUT2D eigenvalue weighted by atomic mass is 16.5. The number of carbonyl (C=O) groups is 2. The molecule has 0 saturated carbocycles. The summed E-state index contributed by atoms with van der Waals surface area (Å²) < 4.78 is 5.57. The van der Waals surface area contributed by atoms with E-state index < -0.39 is 0 Å². The van der Waals surface area contributed by atoms with Gasteiger partial charge < -0.3 is 15.4 Å². The number of anilines is 2. The van der Waals surface area contributed by atoms with E-state index in [9.17, 15) is 9.59 Å². The maximum atomic E-state index is 13.5. The average molecular weight is 390 g/mol. The Bertz CT molecular complexity index is 982. The molecule has 2 aromatic carbocycles. The van der Waals surface area contributed by atoms with Crippen molar-refractivity contribution in [2.24, 2.45) is 5.41 Å². The summed E-state index contributed by atoms with van der Waals surface area (Å²) in [6.07, 6.45) is 6.55. The summed E-state index contributed by atoms with van der Waals surface area (Å²) in [4.78, 5) is 26.6. The molecule has 5 heteroatoms. The Morgan fingerprint density at radius 1 is 1.24 bits per heavy atom. The maximum Gasteiger partial charge on any atom is 0.258 e. The molecule has 1 amide bonds. The minimum atomic E-state index is -0.0620. The molecule has 1 heterocycles. The fraction of sp³-hybridized carbons (Fsp3) is 0.333. The number of hydrogen-bond acceptors (Lipinski definition) is 4. The molecule has 2 N–H and O–H groups in total. The molecule has 29 heavy (non-hydrogen) atoms. The summed E-state index contributed by atoms with van der Waals surface area (Å²) in [5.41, 5.74) is 9.96. The Morgan fingerprint density at radius 2 is 2.07 bits per heavy atom. The molecule has 0 bridgehead atoms. The molecule has 150 valence electrons. The van der Waals surface area contributed by atoms with Crippen molar-refractivity contribution in [2.45, 2.75) is 32.6 Å². The Balaban J connectivity index is 1.70. The first-order chi connectivity index (χ1) is 14.0. The van der Waals surface area contributed by atoms with Gasteiger partial charge in [-0.15, -0.1) is 0 Å². The average Bonchev–Trinajstić information content (AvgIpc) is 3.06. The fourth-order valence-electron chi connectivity index (χ4n) is 4.52.